The second-order valence-electron chi connectivity index (χ2n) is 4.02. The van der Waals surface area contributed by atoms with Crippen LogP contribution >= 0.6 is 11.6 Å². The van der Waals surface area contributed by atoms with Gasteiger partial charge in [0.1, 0.15) is 18.2 Å². The molecule has 0 bridgehead atoms. The second kappa shape index (κ2) is 6.50. The molecule has 1 aromatic carbocycles. The molecule has 100 valence electrons. The Bertz CT molecular complexity index is 563. The highest BCUT2D eigenvalue weighted by Crippen LogP contribution is 2.21. The number of benzene rings is 1. The van der Waals surface area contributed by atoms with Crippen molar-refractivity contribution in [1.82, 2.24) is 10.3 Å². The Kier molecular flexibility index (Phi) is 4.71. The quantitative estimate of drug-likeness (QED) is 0.913. The topological polar surface area (TPSA) is 34.1 Å². The number of halogens is 2. The van der Waals surface area contributed by atoms with E-state index >= 15 is 0 Å². The van der Waals surface area contributed by atoms with Crippen LogP contribution in [0.2, 0.25) is 5.02 Å². The maximum absolute atomic E-state index is 13.2. The monoisotopic (exact) mass is 280 g/mol. The van der Waals surface area contributed by atoms with Crippen LogP contribution in [0.25, 0.3) is 0 Å². The lowest BCUT2D eigenvalue weighted by Crippen LogP contribution is -2.08. The summed E-state index contributed by atoms with van der Waals surface area (Å²) in [5.74, 6) is -0.0567. The summed E-state index contributed by atoms with van der Waals surface area (Å²) in [6.45, 7) is 0.988. The summed E-state index contributed by atoms with van der Waals surface area (Å²) in [5, 5.41) is 3.12. The standard InChI is InChI=1S/C14H14ClFN2O/c1-17-8-10-3-2-4-11(18-10)9-19-12-5-6-13(15)14(16)7-12/h2-7,17H,8-9H2,1H3. The van der Waals surface area contributed by atoms with Gasteiger partial charge < -0.3 is 10.1 Å². The molecule has 3 nitrogen and oxygen atoms in total. The normalized spacial score (nSPS) is 10.5. The molecule has 0 saturated carbocycles. The Labute approximate surface area is 116 Å². The first kappa shape index (κ1) is 13.8. The van der Waals surface area contributed by atoms with Crippen LogP contribution in [0.3, 0.4) is 0 Å². The van der Waals surface area contributed by atoms with Crippen molar-refractivity contribution in [3.05, 3.63) is 58.6 Å². The molecule has 0 spiro atoms. The van der Waals surface area contributed by atoms with Crippen molar-refractivity contribution in [2.24, 2.45) is 0 Å². The zero-order valence-electron chi connectivity index (χ0n) is 10.5. The van der Waals surface area contributed by atoms with Gasteiger partial charge in [0, 0.05) is 12.6 Å². The number of ether oxygens (including phenoxy) is 1. The summed E-state index contributed by atoms with van der Waals surface area (Å²) in [5.41, 5.74) is 1.73. The molecule has 0 unspecified atom stereocenters. The van der Waals surface area contributed by atoms with Crippen LogP contribution in [-0.4, -0.2) is 12.0 Å². The maximum atomic E-state index is 13.2. The molecule has 0 amide bonds. The van der Waals surface area contributed by atoms with Crippen molar-refractivity contribution in [1.29, 1.82) is 0 Å². The van der Waals surface area contributed by atoms with E-state index in [4.69, 9.17) is 16.3 Å². The maximum Gasteiger partial charge on any atom is 0.145 e. The molecule has 1 heterocycles. The average Bonchev–Trinajstić information content (AvgIpc) is 2.41. The van der Waals surface area contributed by atoms with Gasteiger partial charge in [0.2, 0.25) is 0 Å². The molecule has 2 rings (SSSR count). The van der Waals surface area contributed by atoms with Crippen LogP contribution in [0.5, 0.6) is 5.75 Å². The lowest BCUT2D eigenvalue weighted by Gasteiger charge is -2.07. The van der Waals surface area contributed by atoms with Crippen molar-refractivity contribution in [3.8, 4) is 5.75 Å². The minimum atomic E-state index is -0.490. The SMILES string of the molecule is CNCc1cccc(COc2ccc(Cl)c(F)c2)n1. The molecule has 1 N–H and O–H groups in total. The van der Waals surface area contributed by atoms with Gasteiger partial charge in [0.25, 0.3) is 0 Å². The first-order valence-electron chi connectivity index (χ1n) is 5.86. The van der Waals surface area contributed by atoms with E-state index < -0.39 is 5.82 Å². The molecule has 0 radical (unpaired) electrons. The fraction of sp³-hybridized carbons (Fsp3) is 0.214. The third-order valence-corrected chi connectivity index (χ3v) is 2.81. The molecule has 0 fully saturated rings. The molecular weight excluding hydrogens is 267 g/mol. The zero-order valence-corrected chi connectivity index (χ0v) is 11.2. The molecule has 5 heteroatoms. The summed E-state index contributed by atoms with van der Waals surface area (Å²) in [6.07, 6.45) is 0. The van der Waals surface area contributed by atoms with Gasteiger partial charge in [0.15, 0.2) is 0 Å². The van der Waals surface area contributed by atoms with E-state index in [0.29, 0.717) is 18.9 Å². The van der Waals surface area contributed by atoms with E-state index in [1.54, 1.807) is 6.07 Å². The molecule has 19 heavy (non-hydrogen) atoms. The van der Waals surface area contributed by atoms with Crippen molar-refractivity contribution < 1.29 is 9.13 Å². The van der Waals surface area contributed by atoms with Gasteiger partial charge in [-0.1, -0.05) is 17.7 Å². The van der Waals surface area contributed by atoms with Crippen LogP contribution < -0.4 is 10.1 Å². The summed E-state index contributed by atoms with van der Waals surface area (Å²) in [6, 6.07) is 10.1. The molecule has 0 aliphatic rings. The van der Waals surface area contributed by atoms with E-state index in [1.165, 1.54) is 12.1 Å². The van der Waals surface area contributed by atoms with E-state index in [9.17, 15) is 4.39 Å². The molecule has 1 aromatic heterocycles. The largest absolute Gasteiger partial charge is 0.487 e. The third kappa shape index (κ3) is 3.91. The van der Waals surface area contributed by atoms with Crippen LogP contribution in [0, 0.1) is 5.82 Å². The molecule has 0 aliphatic heterocycles. The highest BCUT2D eigenvalue weighted by atomic mass is 35.5. The minimum Gasteiger partial charge on any atom is -0.487 e. The van der Waals surface area contributed by atoms with Crippen molar-refractivity contribution in [3.63, 3.8) is 0 Å². The molecule has 2 aromatic rings. The van der Waals surface area contributed by atoms with Crippen LogP contribution in [-0.2, 0) is 13.2 Å². The summed E-state index contributed by atoms with van der Waals surface area (Å²) < 4.78 is 18.7. The summed E-state index contributed by atoms with van der Waals surface area (Å²) in [4.78, 5) is 4.41. The predicted molar refractivity (Wildman–Crippen MR) is 72.7 cm³/mol. The van der Waals surface area contributed by atoms with E-state index in [2.05, 4.69) is 10.3 Å². The number of aromatic nitrogens is 1. The lowest BCUT2D eigenvalue weighted by molar-refractivity contribution is 0.299. The Morgan fingerprint density at radius 1 is 1.26 bits per heavy atom. The molecular formula is C14H14ClFN2O. The van der Waals surface area contributed by atoms with E-state index in [0.717, 1.165) is 11.4 Å². The van der Waals surface area contributed by atoms with Gasteiger partial charge in [-0.15, -0.1) is 0 Å². The van der Waals surface area contributed by atoms with Crippen molar-refractivity contribution in [2.45, 2.75) is 13.2 Å². The number of hydrogen-bond donors (Lipinski definition) is 1. The Balaban J connectivity index is 2.01. The van der Waals surface area contributed by atoms with Crippen LogP contribution in [0.15, 0.2) is 36.4 Å². The van der Waals surface area contributed by atoms with Gasteiger partial charge in [-0.05, 0) is 31.3 Å². The third-order valence-electron chi connectivity index (χ3n) is 2.50. The fourth-order valence-electron chi connectivity index (χ4n) is 1.61. The van der Waals surface area contributed by atoms with Crippen molar-refractivity contribution >= 4 is 11.6 Å². The van der Waals surface area contributed by atoms with Crippen LogP contribution in [0.1, 0.15) is 11.4 Å². The number of nitrogens with one attached hydrogen (secondary N) is 1. The molecule has 0 aliphatic carbocycles. The van der Waals surface area contributed by atoms with Gasteiger partial charge >= 0.3 is 0 Å². The zero-order chi connectivity index (χ0) is 13.7. The molecule has 0 saturated heterocycles. The summed E-state index contributed by atoms with van der Waals surface area (Å²) >= 11 is 5.60. The van der Waals surface area contributed by atoms with Gasteiger partial charge in [-0.3, -0.25) is 4.98 Å². The molecule has 0 atom stereocenters. The Hall–Kier alpha value is -1.65. The first-order chi connectivity index (χ1) is 9.19. The fourth-order valence-corrected chi connectivity index (χ4v) is 1.73. The smallest absolute Gasteiger partial charge is 0.145 e. The predicted octanol–water partition coefficient (Wildman–Crippen LogP) is 3.17. The van der Waals surface area contributed by atoms with Gasteiger partial charge in [0.05, 0.1) is 16.4 Å². The van der Waals surface area contributed by atoms with E-state index in [-0.39, 0.29) is 5.02 Å². The van der Waals surface area contributed by atoms with Gasteiger partial charge in [-0.25, -0.2) is 4.39 Å². The average molecular weight is 281 g/mol. The lowest BCUT2D eigenvalue weighted by atomic mass is 10.3. The number of rotatable bonds is 5. The van der Waals surface area contributed by atoms with Crippen molar-refractivity contribution in [2.75, 3.05) is 7.05 Å². The number of nitrogens with zero attached hydrogens (tertiary/aromatic N) is 1. The Morgan fingerprint density at radius 3 is 2.79 bits per heavy atom. The highest BCUT2D eigenvalue weighted by Gasteiger charge is 2.03. The Morgan fingerprint density at radius 2 is 2.05 bits per heavy atom. The van der Waals surface area contributed by atoms with Crippen LogP contribution in [0.4, 0.5) is 4.39 Å². The first-order valence-corrected chi connectivity index (χ1v) is 6.24. The number of hydrogen-bond acceptors (Lipinski definition) is 3. The second-order valence-corrected chi connectivity index (χ2v) is 4.42. The summed E-state index contributed by atoms with van der Waals surface area (Å²) in [7, 11) is 1.86. The van der Waals surface area contributed by atoms with E-state index in [1.807, 2.05) is 25.2 Å². The minimum absolute atomic E-state index is 0.0847. The van der Waals surface area contributed by atoms with Gasteiger partial charge in [-0.2, -0.15) is 0 Å². The number of pyridine rings is 1. The highest BCUT2D eigenvalue weighted by molar-refractivity contribution is 6.30.